The van der Waals surface area contributed by atoms with Gasteiger partial charge in [0.2, 0.25) is 0 Å². The molecule has 0 saturated carbocycles. The minimum atomic E-state index is -2.44. The van der Waals surface area contributed by atoms with Crippen molar-refractivity contribution in [2.45, 2.75) is 29.5 Å². The number of halogens is 4. The van der Waals surface area contributed by atoms with Crippen molar-refractivity contribution in [1.29, 1.82) is 0 Å². The number of thioether (sulfide) groups is 1. The summed E-state index contributed by atoms with van der Waals surface area (Å²) in [6.07, 6.45) is 1.22. The molecule has 1 nitrogen and oxygen atoms in total. The zero-order valence-electron chi connectivity index (χ0n) is 15.3. The van der Waals surface area contributed by atoms with E-state index in [9.17, 15) is 17.6 Å². The van der Waals surface area contributed by atoms with Crippen molar-refractivity contribution in [1.82, 2.24) is 0 Å². The normalized spacial score (nSPS) is 16.3. The molecule has 0 unspecified atom stereocenters. The summed E-state index contributed by atoms with van der Waals surface area (Å²) in [5.41, 5.74) is 3.30. The van der Waals surface area contributed by atoms with Gasteiger partial charge < -0.3 is 0 Å². The van der Waals surface area contributed by atoms with E-state index < -0.39 is 17.4 Å². The highest BCUT2D eigenvalue weighted by atomic mass is 32.2. The van der Waals surface area contributed by atoms with Gasteiger partial charge in [-0.3, -0.25) is 4.99 Å². The molecule has 0 aliphatic carbocycles. The predicted molar refractivity (Wildman–Crippen MR) is 109 cm³/mol. The highest BCUT2D eigenvalue weighted by Gasteiger charge is 2.24. The Hall–Kier alpha value is -2.60. The number of alkyl halides is 2. The maximum absolute atomic E-state index is 14.0. The smallest absolute Gasteiger partial charge is 0.281 e. The molecule has 4 rings (SSSR count). The minimum absolute atomic E-state index is 0.0339. The van der Waals surface area contributed by atoms with Crippen LogP contribution >= 0.6 is 11.8 Å². The predicted octanol–water partition coefficient (Wildman–Crippen LogP) is 7.27. The first-order valence-corrected chi connectivity index (χ1v) is 10.1. The molecule has 0 aromatic heterocycles. The van der Waals surface area contributed by atoms with Crippen LogP contribution in [0.25, 0.3) is 11.1 Å². The molecule has 148 valence electrons. The quantitative estimate of drug-likeness (QED) is 0.315. The Balaban J connectivity index is 1.52. The Bertz CT molecular complexity index is 1010. The third-order valence-electron chi connectivity index (χ3n) is 4.93. The number of rotatable bonds is 5. The van der Waals surface area contributed by atoms with Gasteiger partial charge in [-0.05, 0) is 53.8 Å². The van der Waals surface area contributed by atoms with Gasteiger partial charge in [0.1, 0.15) is 11.6 Å². The molecule has 1 heterocycles. The molecule has 0 saturated heterocycles. The van der Waals surface area contributed by atoms with Gasteiger partial charge in [0.05, 0.1) is 11.6 Å². The van der Waals surface area contributed by atoms with Crippen molar-refractivity contribution >= 4 is 17.5 Å². The summed E-state index contributed by atoms with van der Waals surface area (Å²) in [5, 5.41) is 0. The molecule has 1 aliphatic heterocycles. The highest BCUT2D eigenvalue weighted by Crippen LogP contribution is 2.34. The van der Waals surface area contributed by atoms with Crippen LogP contribution in [0.3, 0.4) is 0 Å². The largest absolute Gasteiger partial charge is 0.288 e. The van der Waals surface area contributed by atoms with Crippen molar-refractivity contribution in [3.05, 3.63) is 89.5 Å². The lowest BCUT2D eigenvalue weighted by atomic mass is 9.99. The number of nitrogens with zero attached hydrogens (tertiary/aromatic N) is 1. The zero-order chi connectivity index (χ0) is 20.4. The molecule has 0 amide bonds. The molecule has 6 heteroatoms. The van der Waals surface area contributed by atoms with Crippen LogP contribution in [0, 0.1) is 11.6 Å². The molecule has 1 atom stereocenters. The lowest BCUT2D eigenvalue weighted by Crippen LogP contribution is -2.03. The Kier molecular flexibility index (Phi) is 5.72. The SMILES string of the molecule is Fc1cccc(F)c1C1=N[C@@H](c2ccc(-c3ccc(SC(F)F)cc3)cc2)CC1. The van der Waals surface area contributed by atoms with Crippen LogP contribution in [-0.4, -0.2) is 11.5 Å². The van der Waals surface area contributed by atoms with E-state index in [4.69, 9.17) is 0 Å². The summed E-state index contributed by atoms with van der Waals surface area (Å²) >= 11 is 0.520. The van der Waals surface area contributed by atoms with Crippen molar-refractivity contribution in [3.8, 4) is 11.1 Å². The summed E-state index contributed by atoms with van der Waals surface area (Å²) < 4.78 is 52.9. The third-order valence-corrected chi connectivity index (χ3v) is 5.65. The first-order chi connectivity index (χ1) is 14.0. The van der Waals surface area contributed by atoms with Crippen molar-refractivity contribution in [2.75, 3.05) is 0 Å². The number of aliphatic imine (C=N–C) groups is 1. The van der Waals surface area contributed by atoms with E-state index in [1.54, 1.807) is 12.1 Å². The van der Waals surface area contributed by atoms with Gasteiger partial charge in [-0.25, -0.2) is 8.78 Å². The van der Waals surface area contributed by atoms with Crippen molar-refractivity contribution in [2.24, 2.45) is 4.99 Å². The molecular formula is C23H17F4NS. The molecule has 0 bridgehead atoms. The Morgan fingerprint density at radius 3 is 2.00 bits per heavy atom. The number of hydrogen-bond acceptors (Lipinski definition) is 2. The molecular weight excluding hydrogens is 398 g/mol. The third kappa shape index (κ3) is 4.37. The van der Waals surface area contributed by atoms with E-state index >= 15 is 0 Å². The first-order valence-electron chi connectivity index (χ1n) is 9.17. The Morgan fingerprint density at radius 1 is 0.828 bits per heavy atom. The van der Waals surface area contributed by atoms with E-state index in [1.165, 1.54) is 18.2 Å². The summed E-state index contributed by atoms with van der Waals surface area (Å²) in [6.45, 7) is 0. The van der Waals surface area contributed by atoms with E-state index in [2.05, 4.69) is 4.99 Å². The van der Waals surface area contributed by atoms with Gasteiger partial charge in [0.15, 0.2) is 0 Å². The molecule has 3 aromatic carbocycles. The molecule has 0 radical (unpaired) electrons. The molecule has 0 fully saturated rings. The van der Waals surface area contributed by atoms with Gasteiger partial charge in [-0.15, -0.1) is 0 Å². The fourth-order valence-electron chi connectivity index (χ4n) is 3.52. The van der Waals surface area contributed by atoms with Crippen molar-refractivity contribution in [3.63, 3.8) is 0 Å². The second kappa shape index (κ2) is 8.41. The fourth-order valence-corrected chi connectivity index (χ4v) is 4.02. The average molecular weight is 415 g/mol. The summed E-state index contributed by atoms with van der Waals surface area (Å²) in [6, 6.07) is 18.5. The zero-order valence-corrected chi connectivity index (χ0v) is 16.1. The molecule has 1 aliphatic rings. The Labute approximate surface area is 170 Å². The summed E-state index contributed by atoms with van der Waals surface area (Å²) in [7, 11) is 0. The first kappa shape index (κ1) is 19.7. The molecule has 29 heavy (non-hydrogen) atoms. The van der Waals surface area contributed by atoms with Gasteiger partial charge >= 0.3 is 0 Å². The van der Waals surface area contributed by atoms with Crippen molar-refractivity contribution < 1.29 is 17.6 Å². The van der Waals surface area contributed by atoms with Gasteiger partial charge in [0, 0.05) is 10.6 Å². The topological polar surface area (TPSA) is 12.4 Å². The van der Waals surface area contributed by atoms with Gasteiger partial charge in [-0.2, -0.15) is 8.78 Å². The Morgan fingerprint density at radius 2 is 1.41 bits per heavy atom. The number of hydrogen-bond donors (Lipinski definition) is 0. The maximum atomic E-state index is 14.0. The van der Waals surface area contributed by atoms with E-state index in [-0.39, 0.29) is 11.6 Å². The minimum Gasteiger partial charge on any atom is -0.281 e. The van der Waals surface area contributed by atoms with Crippen LogP contribution in [0.1, 0.15) is 30.0 Å². The second-order valence-corrected chi connectivity index (χ2v) is 7.82. The van der Waals surface area contributed by atoms with E-state index in [1.807, 2.05) is 36.4 Å². The molecule has 0 N–H and O–H groups in total. The van der Waals surface area contributed by atoms with Crippen LogP contribution in [0.15, 0.2) is 76.6 Å². The highest BCUT2D eigenvalue weighted by molar-refractivity contribution is 7.99. The van der Waals surface area contributed by atoms with Gasteiger partial charge in [0.25, 0.3) is 5.76 Å². The monoisotopic (exact) mass is 415 g/mol. The maximum Gasteiger partial charge on any atom is 0.288 e. The lowest BCUT2D eigenvalue weighted by Gasteiger charge is -2.09. The average Bonchev–Trinajstić information content (AvgIpc) is 3.18. The fraction of sp³-hybridized carbons (Fsp3) is 0.174. The second-order valence-electron chi connectivity index (χ2n) is 6.75. The summed E-state index contributed by atoms with van der Waals surface area (Å²) in [4.78, 5) is 5.08. The number of benzene rings is 3. The van der Waals surface area contributed by atoms with E-state index in [0.29, 0.717) is 35.2 Å². The van der Waals surface area contributed by atoms with Crippen LogP contribution in [0.2, 0.25) is 0 Å². The lowest BCUT2D eigenvalue weighted by molar-refractivity contribution is 0.252. The van der Waals surface area contributed by atoms with Crippen LogP contribution < -0.4 is 0 Å². The van der Waals surface area contributed by atoms with Crippen LogP contribution in [0.5, 0.6) is 0 Å². The molecule has 3 aromatic rings. The van der Waals surface area contributed by atoms with E-state index in [0.717, 1.165) is 16.7 Å². The van der Waals surface area contributed by atoms with Gasteiger partial charge in [-0.1, -0.05) is 54.2 Å². The van der Waals surface area contributed by atoms with Crippen LogP contribution in [0.4, 0.5) is 17.6 Å². The molecule has 0 spiro atoms. The van der Waals surface area contributed by atoms with Crippen LogP contribution in [-0.2, 0) is 0 Å². The summed E-state index contributed by atoms with van der Waals surface area (Å²) in [5.74, 6) is -3.61. The standard InChI is InChI=1S/C23H17F4NS/c24-18-2-1-3-19(25)22(18)21-13-12-20(28-21)16-6-4-14(5-7-16)15-8-10-17(11-9-15)29-23(26)27/h1-11,20,23H,12-13H2/t20-/m1/s1.